The summed E-state index contributed by atoms with van der Waals surface area (Å²) in [5.74, 6) is 0.0741. The molecule has 0 aliphatic rings. The fraction of sp³-hybridized carbons (Fsp3) is 0.188. The molecule has 0 aliphatic carbocycles. The number of halogens is 1. The summed E-state index contributed by atoms with van der Waals surface area (Å²) < 4.78 is 0.846. The highest BCUT2D eigenvalue weighted by Crippen LogP contribution is 2.24. The predicted octanol–water partition coefficient (Wildman–Crippen LogP) is 3.68. The monoisotopic (exact) mass is 331 g/mol. The summed E-state index contributed by atoms with van der Waals surface area (Å²) in [7, 11) is 2.06. The van der Waals surface area contributed by atoms with Gasteiger partial charge in [0.1, 0.15) is 5.84 Å². The first-order chi connectivity index (χ1) is 9.49. The van der Waals surface area contributed by atoms with Crippen molar-refractivity contribution < 1.29 is 0 Å². The average Bonchev–Trinajstić information content (AvgIpc) is 2.40. The Morgan fingerprint density at radius 3 is 2.55 bits per heavy atom. The highest BCUT2D eigenvalue weighted by atomic mass is 79.9. The number of anilines is 1. The number of rotatable bonds is 4. The van der Waals surface area contributed by atoms with Crippen LogP contribution >= 0.6 is 15.9 Å². The van der Waals surface area contributed by atoms with Gasteiger partial charge in [-0.25, -0.2) is 0 Å². The fourth-order valence-corrected chi connectivity index (χ4v) is 2.67. The maximum Gasteiger partial charge on any atom is 0.123 e. The van der Waals surface area contributed by atoms with Crippen molar-refractivity contribution in [3.8, 4) is 0 Å². The first kappa shape index (κ1) is 14.6. The van der Waals surface area contributed by atoms with Crippen LogP contribution < -0.4 is 10.6 Å². The van der Waals surface area contributed by atoms with Crippen LogP contribution in [0.2, 0.25) is 0 Å². The van der Waals surface area contributed by atoms with Gasteiger partial charge in [-0.3, -0.25) is 5.41 Å². The number of nitrogens with one attached hydrogen (secondary N) is 1. The SMILES string of the molecule is Cc1ccccc1CN(C)c1ccc(C(=N)N)c(Br)c1. The minimum atomic E-state index is 0.0741. The second-order valence-electron chi connectivity index (χ2n) is 4.86. The van der Waals surface area contributed by atoms with Gasteiger partial charge in [0.2, 0.25) is 0 Å². The standard InChI is InChI=1S/C16H18BrN3/c1-11-5-3-4-6-12(11)10-20(2)13-7-8-14(16(18)19)15(17)9-13/h3-9H,10H2,1-2H3,(H3,18,19). The van der Waals surface area contributed by atoms with E-state index in [1.165, 1.54) is 11.1 Å². The number of aryl methyl sites for hydroxylation is 1. The largest absolute Gasteiger partial charge is 0.384 e. The Bertz CT molecular complexity index is 637. The Kier molecular flexibility index (Phi) is 4.45. The summed E-state index contributed by atoms with van der Waals surface area (Å²) in [6, 6.07) is 14.2. The van der Waals surface area contributed by atoms with Gasteiger partial charge in [0.05, 0.1) is 0 Å². The smallest absolute Gasteiger partial charge is 0.123 e. The highest BCUT2D eigenvalue weighted by Gasteiger charge is 2.08. The van der Waals surface area contributed by atoms with Gasteiger partial charge in [0.25, 0.3) is 0 Å². The first-order valence-electron chi connectivity index (χ1n) is 6.38. The summed E-state index contributed by atoms with van der Waals surface area (Å²) in [4.78, 5) is 2.18. The lowest BCUT2D eigenvalue weighted by molar-refractivity contribution is 0.914. The molecule has 0 amide bonds. The number of nitrogen functional groups attached to an aromatic ring is 1. The van der Waals surface area contributed by atoms with Gasteiger partial charge in [-0.05, 0) is 52.2 Å². The second-order valence-corrected chi connectivity index (χ2v) is 5.71. The molecule has 2 aromatic carbocycles. The minimum absolute atomic E-state index is 0.0741. The third-order valence-electron chi connectivity index (χ3n) is 3.35. The number of hydrogen-bond acceptors (Lipinski definition) is 2. The molecule has 2 rings (SSSR count). The van der Waals surface area contributed by atoms with Gasteiger partial charge >= 0.3 is 0 Å². The number of nitrogens with two attached hydrogens (primary N) is 1. The molecule has 104 valence electrons. The van der Waals surface area contributed by atoms with Gasteiger partial charge in [0, 0.05) is 29.3 Å². The molecule has 0 radical (unpaired) electrons. The quantitative estimate of drug-likeness (QED) is 0.663. The minimum Gasteiger partial charge on any atom is -0.384 e. The zero-order chi connectivity index (χ0) is 14.7. The fourth-order valence-electron chi connectivity index (χ4n) is 2.09. The first-order valence-corrected chi connectivity index (χ1v) is 7.18. The molecule has 2 aromatic rings. The van der Waals surface area contributed by atoms with Crippen LogP contribution in [-0.2, 0) is 6.54 Å². The molecular weight excluding hydrogens is 314 g/mol. The third kappa shape index (κ3) is 3.20. The topological polar surface area (TPSA) is 53.1 Å². The molecular formula is C16H18BrN3. The predicted molar refractivity (Wildman–Crippen MR) is 88.4 cm³/mol. The Balaban J connectivity index is 2.22. The van der Waals surface area contributed by atoms with Gasteiger partial charge < -0.3 is 10.6 Å². The van der Waals surface area contributed by atoms with Crippen LogP contribution in [0.15, 0.2) is 46.9 Å². The maximum absolute atomic E-state index is 7.50. The van der Waals surface area contributed by atoms with E-state index in [1.54, 1.807) is 0 Å². The van der Waals surface area contributed by atoms with E-state index in [0.717, 1.165) is 22.3 Å². The van der Waals surface area contributed by atoms with E-state index in [9.17, 15) is 0 Å². The summed E-state index contributed by atoms with van der Waals surface area (Å²) in [5, 5.41) is 7.50. The second kappa shape index (κ2) is 6.09. The molecule has 0 bridgehead atoms. The Morgan fingerprint density at radius 2 is 1.95 bits per heavy atom. The van der Waals surface area contributed by atoms with Crippen molar-refractivity contribution in [2.75, 3.05) is 11.9 Å². The lowest BCUT2D eigenvalue weighted by Gasteiger charge is -2.21. The molecule has 4 heteroatoms. The third-order valence-corrected chi connectivity index (χ3v) is 4.01. The van der Waals surface area contributed by atoms with Gasteiger partial charge in [-0.2, -0.15) is 0 Å². The van der Waals surface area contributed by atoms with Crippen molar-refractivity contribution in [1.29, 1.82) is 5.41 Å². The molecule has 0 spiro atoms. The van der Waals surface area contributed by atoms with E-state index in [-0.39, 0.29) is 5.84 Å². The number of nitrogens with zero attached hydrogens (tertiary/aromatic N) is 1. The van der Waals surface area contributed by atoms with Crippen molar-refractivity contribution in [3.05, 3.63) is 63.6 Å². The summed E-state index contributed by atoms with van der Waals surface area (Å²) >= 11 is 3.47. The van der Waals surface area contributed by atoms with Crippen molar-refractivity contribution in [1.82, 2.24) is 0 Å². The normalized spacial score (nSPS) is 10.3. The zero-order valence-electron chi connectivity index (χ0n) is 11.7. The van der Waals surface area contributed by atoms with Crippen LogP contribution in [0, 0.1) is 12.3 Å². The van der Waals surface area contributed by atoms with E-state index in [2.05, 4.69) is 59.1 Å². The number of amidine groups is 1. The molecule has 0 aliphatic heterocycles. The molecule has 3 nitrogen and oxygen atoms in total. The maximum atomic E-state index is 7.50. The van der Waals surface area contributed by atoms with E-state index >= 15 is 0 Å². The highest BCUT2D eigenvalue weighted by molar-refractivity contribution is 9.10. The molecule has 0 atom stereocenters. The Morgan fingerprint density at radius 1 is 1.25 bits per heavy atom. The van der Waals surface area contributed by atoms with Crippen LogP contribution in [-0.4, -0.2) is 12.9 Å². The molecule has 0 heterocycles. The van der Waals surface area contributed by atoms with Crippen LogP contribution in [0.4, 0.5) is 5.69 Å². The molecule has 20 heavy (non-hydrogen) atoms. The van der Waals surface area contributed by atoms with E-state index in [1.807, 2.05) is 18.2 Å². The zero-order valence-corrected chi connectivity index (χ0v) is 13.2. The molecule has 3 N–H and O–H groups in total. The molecule has 0 aromatic heterocycles. The van der Waals surface area contributed by atoms with Crippen molar-refractivity contribution >= 4 is 27.5 Å². The summed E-state index contributed by atoms with van der Waals surface area (Å²) in [6.45, 7) is 2.97. The molecule has 0 saturated heterocycles. The van der Waals surface area contributed by atoms with Gasteiger partial charge in [0.15, 0.2) is 0 Å². The van der Waals surface area contributed by atoms with E-state index < -0.39 is 0 Å². The summed E-state index contributed by atoms with van der Waals surface area (Å²) in [6.07, 6.45) is 0. The lowest BCUT2D eigenvalue weighted by atomic mass is 10.1. The molecule has 0 fully saturated rings. The lowest BCUT2D eigenvalue weighted by Crippen LogP contribution is -2.18. The van der Waals surface area contributed by atoms with Crippen molar-refractivity contribution in [2.45, 2.75) is 13.5 Å². The summed E-state index contributed by atoms with van der Waals surface area (Å²) in [5.41, 5.74) is 9.93. The van der Waals surface area contributed by atoms with Crippen LogP contribution in [0.1, 0.15) is 16.7 Å². The van der Waals surface area contributed by atoms with Crippen LogP contribution in [0.3, 0.4) is 0 Å². The van der Waals surface area contributed by atoms with Crippen molar-refractivity contribution in [3.63, 3.8) is 0 Å². The van der Waals surface area contributed by atoms with Gasteiger partial charge in [-0.1, -0.05) is 24.3 Å². The Hall–Kier alpha value is -1.81. The van der Waals surface area contributed by atoms with Crippen molar-refractivity contribution in [2.24, 2.45) is 5.73 Å². The van der Waals surface area contributed by atoms with Crippen LogP contribution in [0.5, 0.6) is 0 Å². The Labute approximate surface area is 128 Å². The number of hydrogen-bond donors (Lipinski definition) is 2. The van der Waals surface area contributed by atoms with E-state index in [0.29, 0.717) is 0 Å². The van der Waals surface area contributed by atoms with Gasteiger partial charge in [-0.15, -0.1) is 0 Å². The average molecular weight is 332 g/mol. The van der Waals surface area contributed by atoms with E-state index in [4.69, 9.17) is 11.1 Å². The number of benzene rings is 2. The van der Waals surface area contributed by atoms with Crippen LogP contribution in [0.25, 0.3) is 0 Å². The molecule has 0 unspecified atom stereocenters. The molecule has 0 saturated carbocycles.